The number of hydrogen-bond acceptors (Lipinski definition) is 4. The topological polar surface area (TPSA) is 44.2 Å². The van der Waals surface area contributed by atoms with Crippen molar-refractivity contribution >= 4 is 0 Å². The van der Waals surface area contributed by atoms with Crippen LogP contribution >= 0.6 is 0 Å². The summed E-state index contributed by atoms with van der Waals surface area (Å²) in [6, 6.07) is 11.7. The van der Waals surface area contributed by atoms with Gasteiger partial charge in [-0.25, -0.2) is 0 Å². The Morgan fingerprint density at radius 3 is 1.62 bits per heavy atom. The van der Waals surface area contributed by atoms with E-state index in [2.05, 4.69) is 9.97 Å². The molecule has 0 N–H and O–H groups in total. The highest BCUT2D eigenvalue weighted by atomic mass is 16.5. The average molecular weight is 286 g/mol. The Hall–Kier alpha value is -1.78. The molecule has 4 nitrogen and oxygen atoms in total. The SMILES string of the molecule is c1ccc(COCCCCCOCc2ccccn2)nc1. The summed E-state index contributed by atoms with van der Waals surface area (Å²) in [5.74, 6) is 0. The summed E-state index contributed by atoms with van der Waals surface area (Å²) < 4.78 is 11.2. The van der Waals surface area contributed by atoms with Gasteiger partial charge in [0.1, 0.15) is 0 Å². The van der Waals surface area contributed by atoms with Gasteiger partial charge in [-0.1, -0.05) is 12.1 Å². The Balaban J connectivity index is 1.40. The highest BCUT2D eigenvalue weighted by molar-refractivity contribution is 5.02. The fourth-order valence-corrected chi connectivity index (χ4v) is 1.91. The minimum Gasteiger partial charge on any atom is -0.375 e. The number of hydrogen-bond donors (Lipinski definition) is 0. The smallest absolute Gasteiger partial charge is 0.0887 e. The van der Waals surface area contributed by atoms with Crippen molar-refractivity contribution in [3.63, 3.8) is 0 Å². The first-order valence-electron chi connectivity index (χ1n) is 7.40. The molecule has 0 radical (unpaired) electrons. The van der Waals surface area contributed by atoms with E-state index >= 15 is 0 Å². The monoisotopic (exact) mass is 286 g/mol. The summed E-state index contributed by atoms with van der Waals surface area (Å²) in [5.41, 5.74) is 1.97. The average Bonchev–Trinajstić information content (AvgIpc) is 2.55. The van der Waals surface area contributed by atoms with E-state index < -0.39 is 0 Å². The van der Waals surface area contributed by atoms with E-state index in [9.17, 15) is 0 Å². The van der Waals surface area contributed by atoms with Crippen LogP contribution in [0.15, 0.2) is 48.8 Å². The second-order valence-corrected chi connectivity index (χ2v) is 4.81. The fourth-order valence-electron chi connectivity index (χ4n) is 1.91. The molecule has 0 fully saturated rings. The highest BCUT2D eigenvalue weighted by Gasteiger charge is 1.95. The molecular weight excluding hydrogens is 264 g/mol. The van der Waals surface area contributed by atoms with Gasteiger partial charge in [0, 0.05) is 25.6 Å². The third kappa shape index (κ3) is 6.97. The number of ether oxygens (including phenoxy) is 2. The fraction of sp³-hybridized carbons (Fsp3) is 0.412. The van der Waals surface area contributed by atoms with Gasteiger partial charge in [0.2, 0.25) is 0 Å². The summed E-state index contributed by atoms with van der Waals surface area (Å²) in [4.78, 5) is 8.43. The van der Waals surface area contributed by atoms with Crippen molar-refractivity contribution in [1.82, 2.24) is 9.97 Å². The van der Waals surface area contributed by atoms with Gasteiger partial charge in [-0.05, 0) is 43.5 Å². The van der Waals surface area contributed by atoms with Crippen LogP contribution in [0, 0.1) is 0 Å². The summed E-state index contributed by atoms with van der Waals surface area (Å²) in [7, 11) is 0. The van der Waals surface area contributed by atoms with Crippen LogP contribution in [0.5, 0.6) is 0 Å². The van der Waals surface area contributed by atoms with Crippen LogP contribution in [0.2, 0.25) is 0 Å². The first kappa shape index (κ1) is 15.6. The molecule has 21 heavy (non-hydrogen) atoms. The number of nitrogens with zero attached hydrogens (tertiary/aromatic N) is 2. The van der Waals surface area contributed by atoms with E-state index in [1.807, 2.05) is 36.4 Å². The lowest BCUT2D eigenvalue weighted by atomic mass is 10.2. The van der Waals surface area contributed by atoms with Crippen molar-refractivity contribution in [2.75, 3.05) is 13.2 Å². The molecule has 0 saturated carbocycles. The highest BCUT2D eigenvalue weighted by Crippen LogP contribution is 2.02. The molecule has 0 bridgehead atoms. The van der Waals surface area contributed by atoms with Crippen molar-refractivity contribution in [1.29, 1.82) is 0 Å². The number of rotatable bonds is 10. The van der Waals surface area contributed by atoms with Gasteiger partial charge in [0.15, 0.2) is 0 Å². The van der Waals surface area contributed by atoms with Crippen molar-refractivity contribution in [3.8, 4) is 0 Å². The summed E-state index contributed by atoms with van der Waals surface area (Å²) in [6.45, 7) is 2.74. The van der Waals surface area contributed by atoms with Crippen molar-refractivity contribution < 1.29 is 9.47 Å². The number of unbranched alkanes of at least 4 members (excludes halogenated alkanes) is 2. The maximum atomic E-state index is 5.58. The number of aromatic nitrogens is 2. The molecule has 0 saturated heterocycles. The predicted octanol–water partition coefficient (Wildman–Crippen LogP) is 3.38. The maximum Gasteiger partial charge on any atom is 0.0887 e. The van der Waals surface area contributed by atoms with E-state index in [0.717, 1.165) is 43.9 Å². The van der Waals surface area contributed by atoms with Gasteiger partial charge in [0.05, 0.1) is 24.6 Å². The quantitative estimate of drug-likeness (QED) is 0.628. The van der Waals surface area contributed by atoms with Gasteiger partial charge in [-0.2, -0.15) is 0 Å². The summed E-state index contributed by atoms with van der Waals surface area (Å²) in [5, 5.41) is 0. The molecule has 2 heterocycles. The van der Waals surface area contributed by atoms with E-state index in [0.29, 0.717) is 13.2 Å². The Morgan fingerprint density at radius 2 is 1.19 bits per heavy atom. The Bertz CT molecular complexity index is 431. The van der Waals surface area contributed by atoms with Gasteiger partial charge in [-0.3, -0.25) is 9.97 Å². The van der Waals surface area contributed by atoms with E-state index in [4.69, 9.17) is 9.47 Å². The van der Waals surface area contributed by atoms with Gasteiger partial charge in [0.25, 0.3) is 0 Å². The van der Waals surface area contributed by atoms with E-state index in [-0.39, 0.29) is 0 Å². The third-order valence-corrected chi connectivity index (χ3v) is 3.03. The Kier molecular flexibility index (Phi) is 7.45. The zero-order valence-electron chi connectivity index (χ0n) is 12.3. The molecule has 0 unspecified atom stereocenters. The standard InChI is InChI=1S/C17H22N2O2/c1(6-12-20-14-16-8-2-4-10-18-16)7-13-21-15-17-9-3-5-11-19-17/h2-5,8-11H,1,6-7,12-15H2. The number of pyridine rings is 2. The molecule has 4 heteroatoms. The zero-order chi connectivity index (χ0) is 14.6. The van der Waals surface area contributed by atoms with E-state index in [1.165, 1.54) is 0 Å². The van der Waals surface area contributed by atoms with Crippen LogP contribution in [0.3, 0.4) is 0 Å². The Morgan fingerprint density at radius 1 is 0.667 bits per heavy atom. The molecule has 0 aliphatic rings. The van der Waals surface area contributed by atoms with Gasteiger partial charge >= 0.3 is 0 Å². The zero-order valence-corrected chi connectivity index (χ0v) is 12.3. The molecule has 0 aliphatic heterocycles. The second kappa shape index (κ2) is 10.0. The van der Waals surface area contributed by atoms with Crippen LogP contribution in [0.25, 0.3) is 0 Å². The lowest BCUT2D eigenvalue weighted by molar-refractivity contribution is 0.0993. The van der Waals surface area contributed by atoms with Crippen LogP contribution in [-0.4, -0.2) is 23.2 Å². The first-order chi connectivity index (χ1) is 10.4. The molecule has 0 atom stereocenters. The van der Waals surface area contributed by atoms with Gasteiger partial charge in [-0.15, -0.1) is 0 Å². The van der Waals surface area contributed by atoms with Crippen molar-refractivity contribution in [2.45, 2.75) is 32.5 Å². The molecule has 0 spiro atoms. The van der Waals surface area contributed by atoms with Crippen molar-refractivity contribution in [3.05, 3.63) is 60.2 Å². The minimum absolute atomic E-state index is 0.594. The molecule has 0 aromatic carbocycles. The van der Waals surface area contributed by atoms with E-state index in [1.54, 1.807) is 12.4 Å². The molecule has 2 rings (SSSR count). The Labute approximate surface area is 126 Å². The van der Waals surface area contributed by atoms with Gasteiger partial charge < -0.3 is 9.47 Å². The normalized spacial score (nSPS) is 10.7. The molecule has 112 valence electrons. The van der Waals surface area contributed by atoms with Crippen molar-refractivity contribution in [2.24, 2.45) is 0 Å². The molecule has 0 amide bonds. The summed E-state index contributed by atoms with van der Waals surface area (Å²) >= 11 is 0. The lowest BCUT2D eigenvalue weighted by Gasteiger charge is -2.05. The second-order valence-electron chi connectivity index (χ2n) is 4.81. The largest absolute Gasteiger partial charge is 0.375 e. The molecule has 2 aromatic rings. The van der Waals surface area contributed by atoms with Crippen LogP contribution in [-0.2, 0) is 22.7 Å². The molecule has 2 aromatic heterocycles. The predicted molar refractivity (Wildman–Crippen MR) is 81.6 cm³/mol. The maximum absolute atomic E-state index is 5.58. The lowest BCUT2D eigenvalue weighted by Crippen LogP contribution is -2.00. The third-order valence-electron chi connectivity index (χ3n) is 3.03. The van der Waals surface area contributed by atoms with Crippen LogP contribution in [0.4, 0.5) is 0 Å². The minimum atomic E-state index is 0.594. The first-order valence-corrected chi connectivity index (χ1v) is 7.40. The molecule has 0 aliphatic carbocycles. The molecular formula is C17H22N2O2. The van der Waals surface area contributed by atoms with Crippen LogP contribution in [0.1, 0.15) is 30.7 Å². The van der Waals surface area contributed by atoms with Crippen LogP contribution < -0.4 is 0 Å². The summed E-state index contributed by atoms with van der Waals surface area (Å²) in [6.07, 6.45) is 6.80.